The summed E-state index contributed by atoms with van der Waals surface area (Å²) >= 11 is 0. The lowest BCUT2D eigenvalue weighted by atomic mass is 9.99. The third-order valence-electron chi connectivity index (χ3n) is 10.9. The molecule has 3 heterocycles. The second-order valence-corrected chi connectivity index (χ2v) is 14.1. The normalized spacial score (nSPS) is 20.7. The first-order chi connectivity index (χ1) is 25.7. The van der Waals surface area contributed by atoms with E-state index in [1.807, 2.05) is 0 Å². The number of rotatable bonds is 6. The number of allylic oxidation sites excluding steroid dienone is 10. The Balaban J connectivity index is 1.24. The SMILES string of the molecule is CN1c2ccccc2N(C2C=CC=CC2)C1c1cc(-c2nc3ccccc3n2C2=CCCC=C2)cc(-c2nc3ccccc3n2C2C=CC=CC2)c1. The Hall–Kier alpha value is -6.14. The highest BCUT2D eigenvalue weighted by atomic mass is 15.4. The number of hydrogen-bond acceptors (Lipinski definition) is 4. The van der Waals surface area contributed by atoms with Crippen LogP contribution in [0.3, 0.4) is 0 Å². The smallest absolute Gasteiger partial charge is 0.145 e. The number of hydrogen-bond donors (Lipinski definition) is 0. The van der Waals surface area contributed by atoms with Crippen molar-refractivity contribution >= 4 is 39.1 Å². The molecule has 0 N–H and O–H groups in total. The summed E-state index contributed by atoms with van der Waals surface area (Å²) in [5, 5.41) is 0. The van der Waals surface area contributed by atoms with Gasteiger partial charge in [-0.1, -0.05) is 97.2 Å². The quantitative estimate of drug-likeness (QED) is 0.176. The van der Waals surface area contributed by atoms with Crippen LogP contribution in [0.4, 0.5) is 11.4 Å². The summed E-state index contributed by atoms with van der Waals surface area (Å²) in [5.74, 6) is 1.91. The fraction of sp³-hybridized carbons (Fsp3) is 0.174. The Bertz CT molecular complexity index is 2540. The highest BCUT2D eigenvalue weighted by Gasteiger charge is 2.38. The molecule has 0 radical (unpaired) electrons. The predicted octanol–water partition coefficient (Wildman–Crippen LogP) is 10.8. The molecule has 6 heteroatoms. The molecule has 6 aromatic rings. The van der Waals surface area contributed by atoms with Crippen molar-refractivity contribution in [2.45, 2.75) is 43.9 Å². The fourth-order valence-corrected chi connectivity index (χ4v) is 8.60. The van der Waals surface area contributed by atoms with Crippen molar-refractivity contribution in [2.75, 3.05) is 16.8 Å². The first-order valence-electron chi connectivity index (χ1n) is 18.5. The molecular formula is C46H40N6. The molecule has 0 bridgehead atoms. The van der Waals surface area contributed by atoms with Crippen molar-refractivity contribution in [2.24, 2.45) is 0 Å². The number of benzene rings is 4. The van der Waals surface area contributed by atoms with Gasteiger partial charge >= 0.3 is 0 Å². The Morgan fingerprint density at radius 2 is 1.27 bits per heavy atom. The Morgan fingerprint density at radius 1 is 0.615 bits per heavy atom. The van der Waals surface area contributed by atoms with Gasteiger partial charge in [0.15, 0.2) is 0 Å². The zero-order chi connectivity index (χ0) is 34.6. The van der Waals surface area contributed by atoms with E-state index in [1.54, 1.807) is 0 Å². The molecule has 0 saturated carbocycles. The maximum Gasteiger partial charge on any atom is 0.145 e. The molecular weight excluding hydrogens is 637 g/mol. The molecule has 4 aromatic carbocycles. The average molecular weight is 677 g/mol. The molecule has 1 aliphatic heterocycles. The van der Waals surface area contributed by atoms with Crippen molar-refractivity contribution in [3.8, 4) is 22.8 Å². The van der Waals surface area contributed by atoms with Gasteiger partial charge in [-0.2, -0.15) is 0 Å². The molecule has 0 spiro atoms. The average Bonchev–Trinajstić information content (AvgIpc) is 3.89. The van der Waals surface area contributed by atoms with Gasteiger partial charge in [0, 0.05) is 23.9 Å². The standard InChI is InChI=1S/C46H40N6/c1-49-42-27-15-16-28-43(42)52(37-21-9-4-10-22-37)46(49)34-30-32(44-47-38-23-11-13-25-40(38)50(44)35-17-5-2-6-18-35)29-33(31-34)45-48-39-24-12-14-26-41(39)51(45)36-19-7-3-8-20-36/h2,4-7,9-17,19-21,23-31,35,37,46H,3,8,18,22H2,1H3. The number of anilines is 2. The molecule has 3 unspecified atom stereocenters. The van der Waals surface area contributed by atoms with E-state index >= 15 is 0 Å². The van der Waals surface area contributed by atoms with Crippen molar-refractivity contribution in [3.05, 3.63) is 163 Å². The Morgan fingerprint density at radius 3 is 2.00 bits per heavy atom. The van der Waals surface area contributed by atoms with E-state index in [0.717, 1.165) is 70.5 Å². The van der Waals surface area contributed by atoms with Gasteiger partial charge in [-0.25, -0.2) is 9.97 Å². The van der Waals surface area contributed by atoms with Crippen LogP contribution in [0.5, 0.6) is 0 Å². The zero-order valence-corrected chi connectivity index (χ0v) is 29.3. The number of fused-ring (bicyclic) bond motifs is 3. The monoisotopic (exact) mass is 676 g/mol. The van der Waals surface area contributed by atoms with Crippen molar-refractivity contribution in [1.82, 2.24) is 19.1 Å². The van der Waals surface area contributed by atoms with Crippen LogP contribution in [0.15, 0.2) is 158 Å². The first kappa shape index (κ1) is 30.7. The van der Waals surface area contributed by atoms with E-state index in [9.17, 15) is 0 Å². The van der Waals surface area contributed by atoms with Gasteiger partial charge in [0.2, 0.25) is 0 Å². The van der Waals surface area contributed by atoms with Gasteiger partial charge in [-0.15, -0.1) is 0 Å². The molecule has 52 heavy (non-hydrogen) atoms. The molecule has 10 rings (SSSR count). The van der Waals surface area contributed by atoms with Gasteiger partial charge < -0.3 is 14.4 Å². The van der Waals surface area contributed by atoms with Gasteiger partial charge in [0.1, 0.15) is 17.8 Å². The number of para-hydroxylation sites is 6. The fourth-order valence-electron chi connectivity index (χ4n) is 8.60. The van der Waals surface area contributed by atoms with Crippen LogP contribution in [-0.2, 0) is 0 Å². The minimum absolute atomic E-state index is 0.0424. The summed E-state index contributed by atoms with van der Waals surface area (Å²) in [7, 11) is 2.24. The van der Waals surface area contributed by atoms with Gasteiger partial charge in [0.25, 0.3) is 0 Å². The highest BCUT2D eigenvalue weighted by Crippen LogP contribution is 2.49. The second kappa shape index (κ2) is 12.6. The molecule has 3 atom stereocenters. The predicted molar refractivity (Wildman–Crippen MR) is 215 cm³/mol. The lowest BCUT2D eigenvalue weighted by Crippen LogP contribution is -2.40. The third-order valence-corrected chi connectivity index (χ3v) is 10.9. The summed E-state index contributed by atoms with van der Waals surface area (Å²) in [6.45, 7) is 0. The molecule has 2 aromatic heterocycles. The van der Waals surface area contributed by atoms with Gasteiger partial charge in [0.05, 0.1) is 45.5 Å². The first-order valence-corrected chi connectivity index (χ1v) is 18.5. The van der Waals surface area contributed by atoms with Gasteiger partial charge in [-0.05, 0) is 91.9 Å². The molecule has 0 saturated heterocycles. The van der Waals surface area contributed by atoms with Crippen LogP contribution in [0.25, 0.3) is 50.5 Å². The van der Waals surface area contributed by atoms with Crippen molar-refractivity contribution < 1.29 is 0 Å². The molecule has 4 aliphatic rings. The van der Waals surface area contributed by atoms with E-state index in [-0.39, 0.29) is 18.2 Å². The van der Waals surface area contributed by atoms with Crippen molar-refractivity contribution in [3.63, 3.8) is 0 Å². The number of imidazole rings is 2. The summed E-state index contributed by atoms with van der Waals surface area (Å²) < 4.78 is 4.79. The summed E-state index contributed by atoms with van der Waals surface area (Å²) in [6, 6.07) is 33.4. The number of nitrogens with zero attached hydrogens (tertiary/aromatic N) is 6. The highest BCUT2D eigenvalue weighted by molar-refractivity contribution is 5.89. The largest absolute Gasteiger partial charge is 0.349 e. The topological polar surface area (TPSA) is 42.1 Å². The van der Waals surface area contributed by atoms with Crippen LogP contribution in [0.2, 0.25) is 0 Å². The minimum atomic E-state index is -0.0424. The summed E-state index contributed by atoms with van der Waals surface area (Å²) in [4.78, 5) is 15.8. The van der Waals surface area contributed by atoms with Crippen LogP contribution in [0, 0.1) is 0 Å². The van der Waals surface area contributed by atoms with E-state index in [0.29, 0.717) is 0 Å². The maximum atomic E-state index is 5.39. The van der Waals surface area contributed by atoms with Crippen LogP contribution < -0.4 is 9.80 Å². The minimum Gasteiger partial charge on any atom is -0.349 e. The summed E-state index contributed by atoms with van der Waals surface area (Å²) in [5.41, 5.74) is 11.3. The zero-order valence-electron chi connectivity index (χ0n) is 29.3. The van der Waals surface area contributed by atoms with Crippen LogP contribution in [-0.4, -0.2) is 32.2 Å². The molecule has 0 fully saturated rings. The molecule has 254 valence electrons. The maximum absolute atomic E-state index is 5.39. The van der Waals surface area contributed by atoms with Gasteiger partial charge in [-0.3, -0.25) is 4.57 Å². The third kappa shape index (κ3) is 5.01. The molecule has 0 amide bonds. The molecule has 3 aliphatic carbocycles. The second-order valence-electron chi connectivity index (χ2n) is 14.1. The molecule has 6 nitrogen and oxygen atoms in total. The number of aromatic nitrogens is 4. The lowest BCUT2D eigenvalue weighted by molar-refractivity contribution is 0.587. The van der Waals surface area contributed by atoms with Crippen LogP contribution in [0.1, 0.15) is 43.5 Å². The lowest BCUT2D eigenvalue weighted by Gasteiger charge is -2.37. The van der Waals surface area contributed by atoms with E-state index < -0.39 is 0 Å². The Labute approximate surface area is 304 Å². The van der Waals surface area contributed by atoms with E-state index in [1.165, 1.54) is 22.6 Å². The van der Waals surface area contributed by atoms with E-state index in [2.05, 4.69) is 184 Å². The van der Waals surface area contributed by atoms with E-state index in [4.69, 9.17) is 9.97 Å². The summed E-state index contributed by atoms with van der Waals surface area (Å²) in [6.07, 6.45) is 28.6. The van der Waals surface area contributed by atoms with Crippen LogP contribution >= 0.6 is 0 Å². The van der Waals surface area contributed by atoms with Crippen molar-refractivity contribution in [1.29, 1.82) is 0 Å². The Kier molecular flexibility index (Phi) is 7.41.